The van der Waals surface area contributed by atoms with Gasteiger partial charge in [-0.25, -0.2) is 0 Å². The molecular weight excluding hydrogens is 364 g/mol. The number of piperidine rings is 1. The number of aromatic nitrogens is 2. The SMILES string of the molecule is COc1ccc(OC)c(/C=C/C(=O)Nc2nnc(CN3CCCCC3)s2)c1. The van der Waals surface area contributed by atoms with Crippen molar-refractivity contribution in [1.82, 2.24) is 15.1 Å². The molecule has 8 heteroatoms. The molecule has 1 aliphatic heterocycles. The summed E-state index contributed by atoms with van der Waals surface area (Å²) in [5.41, 5.74) is 0.759. The standard InChI is InChI=1S/C19H24N4O3S/c1-25-15-7-8-16(26-2)14(12-15)6-9-17(24)20-19-22-21-18(27-19)13-23-10-4-3-5-11-23/h6-9,12H,3-5,10-11,13H2,1-2H3,(H,20,22,24)/b9-6+. The molecule has 144 valence electrons. The Morgan fingerprint density at radius 3 is 2.78 bits per heavy atom. The van der Waals surface area contributed by atoms with E-state index in [9.17, 15) is 4.79 Å². The molecule has 0 spiro atoms. The van der Waals surface area contributed by atoms with Crippen molar-refractivity contribution in [3.8, 4) is 11.5 Å². The molecule has 2 heterocycles. The average molecular weight is 388 g/mol. The van der Waals surface area contributed by atoms with E-state index in [1.807, 2.05) is 6.07 Å². The summed E-state index contributed by atoms with van der Waals surface area (Å²) in [5.74, 6) is 1.10. The Bertz CT molecular complexity index is 800. The Balaban J connectivity index is 1.58. The first-order valence-electron chi connectivity index (χ1n) is 8.94. The molecule has 1 N–H and O–H groups in total. The summed E-state index contributed by atoms with van der Waals surface area (Å²) < 4.78 is 10.5. The predicted octanol–water partition coefficient (Wildman–Crippen LogP) is 3.19. The number of hydrogen-bond acceptors (Lipinski definition) is 7. The normalized spacial score (nSPS) is 15.0. The van der Waals surface area contributed by atoms with Crippen LogP contribution in [-0.4, -0.2) is 48.3 Å². The highest BCUT2D eigenvalue weighted by Gasteiger charge is 2.14. The first-order chi connectivity index (χ1) is 13.2. The van der Waals surface area contributed by atoms with Crippen LogP contribution >= 0.6 is 11.3 Å². The highest BCUT2D eigenvalue weighted by Crippen LogP contribution is 2.25. The van der Waals surface area contributed by atoms with Crippen molar-refractivity contribution >= 4 is 28.5 Å². The number of anilines is 1. The van der Waals surface area contributed by atoms with Crippen LogP contribution in [-0.2, 0) is 11.3 Å². The molecule has 1 amide bonds. The van der Waals surface area contributed by atoms with Crippen molar-refractivity contribution in [2.75, 3.05) is 32.6 Å². The van der Waals surface area contributed by atoms with E-state index in [2.05, 4.69) is 20.4 Å². The first-order valence-corrected chi connectivity index (χ1v) is 9.75. The maximum Gasteiger partial charge on any atom is 0.250 e. The van der Waals surface area contributed by atoms with E-state index in [1.165, 1.54) is 36.7 Å². The van der Waals surface area contributed by atoms with E-state index in [0.29, 0.717) is 16.6 Å². The molecule has 27 heavy (non-hydrogen) atoms. The highest BCUT2D eigenvalue weighted by atomic mass is 32.1. The summed E-state index contributed by atoms with van der Waals surface area (Å²) in [6.07, 6.45) is 6.91. The third-order valence-corrected chi connectivity index (χ3v) is 5.18. The lowest BCUT2D eigenvalue weighted by molar-refractivity contribution is -0.111. The van der Waals surface area contributed by atoms with Crippen molar-refractivity contribution in [2.45, 2.75) is 25.8 Å². The van der Waals surface area contributed by atoms with Crippen molar-refractivity contribution in [3.63, 3.8) is 0 Å². The Morgan fingerprint density at radius 2 is 2.04 bits per heavy atom. The third kappa shape index (κ3) is 5.51. The number of hydrogen-bond donors (Lipinski definition) is 1. The fraction of sp³-hybridized carbons (Fsp3) is 0.421. The molecule has 3 rings (SSSR count). The van der Waals surface area contributed by atoms with Crippen LogP contribution in [0.2, 0.25) is 0 Å². The van der Waals surface area contributed by atoms with E-state index < -0.39 is 0 Å². The van der Waals surface area contributed by atoms with Gasteiger partial charge in [0.25, 0.3) is 0 Å². The Labute approximate surface area is 163 Å². The van der Waals surface area contributed by atoms with Crippen LogP contribution in [0.4, 0.5) is 5.13 Å². The van der Waals surface area contributed by atoms with Gasteiger partial charge in [-0.05, 0) is 50.2 Å². The highest BCUT2D eigenvalue weighted by molar-refractivity contribution is 7.15. The number of ether oxygens (including phenoxy) is 2. The molecule has 0 unspecified atom stereocenters. The molecule has 2 aromatic rings. The fourth-order valence-corrected chi connectivity index (χ4v) is 3.74. The van der Waals surface area contributed by atoms with Crippen molar-refractivity contribution in [1.29, 1.82) is 0 Å². The van der Waals surface area contributed by atoms with Gasteiger partial charge in [0, 0.05) is 11.6 Å². The number of nitrogens with zero attached hydrogens (tertiary/aromatic N) is 3. The largest absolute Gasteiger partial charge is 0.497 e. The summed E-state index contributed by atoms with van der Waals surface area (Å²) in [4.78, 5) is 14.6. The van der Waals surface area contributed by atoms with Crippen LogP contribution in [0.3, 0.4) is 0 Å². The zero-order chi connectivity index (χ0) is 19.1. The molecule has 0 aliphatic carbocycles. The number of benzene rings is 1. The Morgan fingerprint density at radius 1 is 1.22 bits per heavy atom. The van der Waals surface area contributed by atoms with Crippen molar-refractivity contribution < 1.29 is 14.3 Å². The fourth-order valence-electron chi connectivity index (χ4n) is 2.96. The zero-order valence-corrected chi connectivity index (χ0v) is 16.4. The monoisotopic (exact) mass is 388 g/mol. The number of amides is 1. The summed E-state index contributed by atoms with van der Waals surface area (Å²) in [6.45, 7) is 3.00. The number of carbonyl (C=O) groups excluding carboxylic acids is 1. The van der Waals surface area contributed by atoms with Crippen molar-refractivity contribution in [3.05, 3.63) is 34.8 Å². The van der Waals surface area contributed by atoms with Gasteiger partial charge in [0.15, 0.2) is 0 Å². The van der Waals surface area contributed by atoms with Gasteiger partial charge in [-0.3, -0.25) is 15.0 Å². The molecule has 0 saturated carbocycles. The minimum atomic E-state index is -0.263. The van der Waals surface area contributed by atoms with Crippen LogP contribution in [0.25, 0.3) is 6.08 Å². The van der Waals surface area contributed by atoms with E-state index in [4.69, 9.17) is 9.47 Å². The summed E-state index contributed by atoms with van der Waals surface area (Å²) in [5, 5.41) is 12.4. The molecule has 1 aromatic heterocycles. The van der Waals surface area contributed by atoms with Crippen LogP contribution in [0.15, 0.2) is 24.3 Å². The van der Waals surface area contributed by atoms with Gasteiger partial charge in [0.05, 0.1) is 20.8 Å². The second kappa shape index (κ2) is 9.48. The minimum Gasteiger partial charge on any atom is -0.497 e. The second-order valence-electron chi connectivity index (χ2n) is 6.27. The lowest BCUT2D eigenvalue weighted by Crippen LogP contribution is -2.28. The van der Waals surface area contributed by atoms with Gasteiger partial charge in [-0.15, -0.1) is 10.2 Å². The van der Waals surface area contributed by atoms with Gasteiger partial charge >= 0.3 is 0 Å². The molecule has 1 aliphatic rings. The summed E-state index contributed by atoms with van der Waals surface area (Å²) >= 11 is 1.42. The number of methoxy groups -OCH3 is 2. The molecule has 1 fully saturated rings. The zero-order valence-electron chi connectivity index (χ0n) is 15.6. The molecule has 7 nitrogen and oxygen atoms in total. The Hall–Kier alpha value is -2.45. The van der Waals surface area contributed by atoms with Crippen LogP contribution in [0.1, 0.15) is 29.8 Å². The van der Waals surface area contributed by atoms with Crippen LogP contribution in [0.5, 0.6) is 11.5 Å². The number of rotatable bonds is 7. The maximum absolute atomic E-state index is 12.2. The topological polar surface area (TPSA) is 76.6 Å². The summed E-state index contributed by atoms with van der Waals surface area (Å²) in [7, 11) is 3.18. The molecule has 1 aromatic carbocycles. The molecular formula is C19H24N4O3S. The number of likely N-dealkylation sites (tertiary alicyclic amines) is 1. The molecule has 0 bridgehead atoms. The van der Waals surface area contributed by atoms with Gasteiger partial charge < -0.3 is 9.47 Å². The van der Waals surface area contributed by atoms with Gasteiger partial charge in [0.2, 0.25) is 11.0 Å². The van der Waals surface area contributed by atoms with E-state index in [0.717, 1.165) is 30.2 Å². The van der Waals surface area contributed by atoms with Crippen LogP contribution in [0, 0.1) is 0 Å². The smallest absolute Gasteiger partial charge is 0.250 e. The number of carbonyl (C=O) groups is 1. The van der Waals surface area contributed by atoms with E-state index in [1.54, 1.807) is 32.4 Å². The van der Waals surface area contributed by atoms with Crippen LogP contribution < -0.4 is 14.8 Å². The van der Waals surface area contributed by atoms with Gasteiger partial charge in [-0.1, -0.05) is 17.8 Å². The molecule has 0 atom stereocenters. The molecule has 0 radical (unpaired) electrons. The van der Waals surface area contributed by atoms with E-state index in [-0.39, 0.29) is 5.91 Å². The quantitative estimate of drug-likeness (QED) is 0.734. The predicted molar refractivity (Wildman–Crippen MR) is 106 cm³/mol. The maximum atomic E-state index is 12.2. The van der Waals surface area contributed by atoms with Gasteiger partial charge in [-0.2, -0.15) is 0 Å². The lowest BCUT2D eigenvalue weighted by atomic mass is 10.1. The lowest BCUT2D eigenvalue weighted by Gasteiger charge is -2.24. The minimum absolute atomic E-state index is 0.263. The van der Waals surface area contributed by atoms with Crippen molar-refractivity contribution in [2.24, 2.45) is 0 Å². The average Bonchev–Trinajstić information content (AvgIpc) is 3.13. The second-order valence-corrected chi connectivity index (χ2v) is 7.33. The van der Waals surface area contributed by atoms with Gasteiger partial charge in [0.1, 0.15) is 16.5 Å². The Kier molecular flexibility index (Phi) is 6.78. The molecule has 1 saturated heterocycles. The third-order valence-electron chi connectivity index (χ3n) is 4.36. The first kappa shape index (κ1) is 19.3. The summed E-state index contributed by atoms with van der Waals surface area (Å²) in [6, 6.07) is 5.42. The van der Waals surface area contributed by atoms with E-state index >= 15 is 0 Å². The number of nitrogens with one attached hydrogen (secondary N) is 1.